The van der Waals surface area contributed by atoms with Gasteiger partial charge in [-0.3, -0.25) is 0 Å². The molecule has 1 nitrogen and oxygen atoms in total. The van der Waals surface area contributed by atoms with Crippen molar-refractivity contribution < 1.29 is 0 Å². The molecule has 0 aliphatic rings. The summed E-state index contributed by atoms with van der Waals surface area (Å²) in [5, 5.41) is 1.85. The molecule has 0 saturated heterocycles. The fourth-order valence-electron chi connectivity index (χ4n) is 1.43. The van der Waals surface area contributed by atoms with Gasteiger partial charge in [0.05, 0.1) is 0 Å². The monoisotopic (exact) mass is 201 g/mol. The first kappa shape index (κ1) is 13.1. The lowest BCUT2D eigenvalue weighted by molar-refractivity contribution is 0.574. The van der Waals surface area contributed by atoms with Crippen LogP contribution < -0.4 is 5.73 Å². The predicted molar refractivity (Wildman–Crippen MR) is 64.3 cm³/mol. The topological polar surface area (TPSA) is 26.0 Å². The van der Waals surface area contributed by atoms with Crippen molar-refractivity contribution in [2.75, 3.05) is 6.54 Å². The second-order valence-electron chi connectivity index (χ2n) is 3.57. The number of nitrogens with two attached hydrogens (primary N) is 1. The van der Waals surface area contributed by atoms with E-state index in [0.717, 1.165) is 13.0 Å². The summed E-state index contributed by atoms with van der Waals surface area (Å²) in [6.45, 7) is 0.856. The van der Waals surface area contributed by atoms with Crippen LogP contribution in [-0.2, 0) is 0 Å². The van der Waals surface area contributed by atoms with Gasteiger partial charge in [-0.1, -0.05) is 50.7 Å². The van der Waals surface area contributed by atoms with Crippen molar-refractivity contribution in [2.45, 2.75) is 57.8 Å². The second-order valence-corrected chi connectivity index (χ2v) is 3.91. The first-order valence-corrected chi connectivity index (χ1v) is 6.02. The van der Waals surface area contributed by atoms with E-state index < -0.39 is 0 Å². The summed E-state index contributed by atoms with van der Waals surface area (Å²) in [4.78, 5) is 0. The standard InChI is InChI=1S/C11H23NS/c12-10-8-6-4-2-1-3-5-7-9-11-13/h11H,1-10,12H2. The van der Waals surface area contributed by atoms with E-state index in [2.05, 4.69) is 0 Å². The fourth-order valence-corrected chi connectivity index (χ4v) is 1.60. The van der Waals surface area contributed by atoms with Crippen molar-refractivity contribution in [3.05, 3.63) is 0 Å². The summed E-state index contributed by atoms with van der Waals surface area (Å²) in [5.41, 5.74) is 5.41. The highest BCUT2D eigenvalue weighted by atomic mass is 32.1. The van der Waals surface area contributed by atoms with E-state index in [1.54, 1.807) is 0 Å². The van der Waals surface area contributed by atoms with Crippen molar-refractivity contribution in [3.63, 3.8) is 0 Å². The van der Waals surface area contributed by atoms with Gasteiger partial charge in [-0.05, 0) is 31.2 Å². The molecular formula is C11H23NS. The molecule has 0 radical (unpaired) electrons. The minimum Gasteiger partial charge on any atom is -0.330 e. The highest BCUT2D eigenvalue weighted by molar-refractivity contribution is 7.78. The van der Waals surface area contributed by atoms with Crippen LogP contribution in [-0.4, -0.2) is 11.9 Å². The lowest BCUT2D eigenvalue weighted by Gasteiger charge is -2.00. The van der Waals surface area contributed by atoms with Crippen molar-refractivity contribution in [1.29, 1.82) is 0 Å². The van der Waals surface area contributed by atoms with E-state index in [-0.39, 0.29) is 0 Å². The molecule has 0 saturated carbocycles. The fraction of sp³-hybridized carbons (Fsp3) is 0.909. The third-order valence-electron chi connectivity index (χ3n) is 2.28. The molecule has 0 spiro atoms. The molecule has 0 amide bonds. The summed E-state index contributed by atoms with van der Waals surface area (Å²) in [7, 11) is 0. The maximum Gasteiger partial charge on any atom is -0.00773 e. The van der Waals surface area contributed by atoms with Gasteiger partial charge < -0.3 is 5.73 Å². The second kappa shape index (κ2) is 12.0. The van der Waals surface area contributed by atoms with Crippen molar-refractivity contribution >= 4 is 17.6 Å². The molecule has 0 aromatic rings. The van der Waals surface area contributed by atoms with Gasteiger partial charge in [-0.2, -0.15) is 0 Å². The Labute approximate surface area is 88.1 Å². The summed E-state index contributed by atoms with van der Waals surface area (Å²) >= 11 is 4.76. The Bertz CT molecular complexity index is 104. The molecule has 0 rings (SSSR count). The van der Waals surface area contributed by atoms with E-state index in [9.17, 15) is 0 Å². The Kier molecular flexibility index (Phi) is 12.1. The lowest BCUT2D eigenvalue weighted by Crippen LogP contribution is -1.97. The van der Waals surface area contributed by atoms with Gasteiger partial charge in [0.15, 0.2) is 0 Å². The van der Waals surface area contributed by atoms with Gasteiger partial charge in [0.25, 0.3) is 0 Å². The van der Waals surface area contributed by atoms with Crippen LogP contribution in [0.4, 0.5) is 0 Å². The minimum absolute atomic E-state index is 0.856. The Hall–Kier alpha value is 0.0500. The Morgan fingerprint density at radius 1 is 0.769 bits per heavy atom. The van der Waals surface area contributed by atoms with Crippen LogP contribution in [0, 0.1) is 0 Å². The third-order valence-corrected chi connectivity index (χ3v) is 2.51. The largest absolute Gasteiger partial charge is 0.330 e. The van der Waals surface area contributed by atoms with Crippen LogP contribution in [0.3, 0.4) is 0 Å². The summed E-state index contributed by atoms with van der Waals surface area (Å²) in [6.07, 6.45) is 11.8. The quantitative estimate of drug-likeness (QED) is 0.433. The molecular weight excluding hydrogens is 178 g/mol. The molecule has 2 heteroatoms. The summed E-state index contributed by atoms with van der Waals surface area (Å²) in [5.74, 6) is 0. The number of rotatable bonds is 10. The first-order valence-electron chi connectivity index (χ1n) is 5.55. The Morgan fingerprint density at radius 3 is 1.69 bits per heavy atom. The van der Waals surface area contributed by atoms with Gasteiger partial charge in [0, 0.05) is 0 Å². The number of thiocarbonyl (C=S) groups is 1. The smallest absolute Gasteiger partial charge is 0.00773 e. The number of hydrogen-bond donors (Lipinski definition) is 1. The average Bonchev–Trinajstić information content (AvgIpc) is 2.16. The van der Waals surface area contributed by atoms with Crippen molar-refractivity contribution in [2.24, 2.45) is 5.73 Å². The molecule has 0 aliphatic heterocycles. The van der Waals surface area contributed by atoms with E-state index in [4.69, 9.17) is 18.0 Å². The molecule has 0 atom stereocenters. The molecule has 78 valence electrons. The van der Waals surface area contributed by atoms with Gasteiger partial charge in [-0.15, -0.1) is 0 Å². The zero-order valence-electron chi connectivity index (χ0n) is 8.63. The van der Waals surface area contributed by atoms with E-state index in [1.165, 1.54) is 51.4 Å². The predicted octanol–water partition coefficient (Wildman–Crippen LogP) is 3.46. The van der Waals surface area contributed by atoms with E-state index in [1.807, 2.05) is 5.37 Å². The zero-order valence-corrected chi connectivity index (χ0v) is 9.45. The third kappa shape index (κ3) is 12.1. The van der Waals surface area contributed by atoms with E-state index >= 15 is 0 Å². The summed E-state index contributed by atoms with van der Waals surface area (Å²) < 4.78 is 0. The van der Waals surface area contributed by atoms with Crippen LogP contribution in [0.25, 0.3) is 0 Å². The summed E-state index contributed by atoms with van der Waals surface area (Å²) in [6, 6.07) is 0. The van der Waals surface area contributed by atoms with Gasteiger partial charge in [0.1, 0.15) is 0 Å². The molecule has 0 bridgehead atoms. The first-order chi connectivity index (χ1) is 6.41. The maximum absolute atomic E-state index is 5.41. The maximum atomic E-state index is 5.41. The highest BCUT2D eigenvalue weighted by Crippen LogP contribution is 2.08. The highest BCUT2D eigenvalue weighted by Gasteiger charge is 1.90. The molecule has 0 aliphatic carbocycles. The van der Waals surface area contributed by atoms with Crippen LogP contribution in [0.15, 0.2) is 0 Å². The number of unbranched alkanes of at least 4 members (excludes halogenated alkanes) is 8. The lowest BCUT2D eigenvalue weighted by atomic mass is 10.1. The minimum atomic E-state index is 0.856. The molecule has 0 heterocycles. The molecule has 0 aromatic carbocycles. The van der Waals surface area contributed by atoms with Crippen LogP contribution in [0.2, 0.25) is 0 Å². The van der Waals surface area contributed by atoms with Gasteiger partial charge >= 0.3 is 0 Å². The molecule has 0 aromatic heterocycles. The van der Waals surface area contributed by atoms with Crippen LogP contribution >= 0.6 is 12.2 Å². The van der Waals surface area contributed by atoms with E-state index in [0.29, 0.717) is 0 Å². The normalized spacial score (nSPS) is 10.2. The molecule has 0 unspecified atom stereocenters. The van der Waals surface area contributed by atoms with Gasteiger partial charge in [0.2, 0.25) is 0 Å². The average molecular weight is 201 g/mol. The molecule has 0 fully saturated rings. The van der Waals surface area contributed by atoms with Crippen LogP contribution in [0.1, 0.15) is 57.8 Å². The number of hydrogen-bond acceptors (Lipinski definition) is 2. The SMILES string of the molecule is NCCCCCCCCCCC=S. The van der Waals surface area contributed by atoms with Crippen LogP contribution in [0.5, 0.6) is 0 Å². The van der Waals surface area contributed by atoms with Crippen molar-refractivity contribution in [3.8, 4) is 0 Å². The van der Waals surface area contributed by atoms with Crippen molar-refractivity contribution in [1.82, 2.24) is 0 Å². The Morgan fingerprint density at radius 2 is 1.23 bits per heavy atom. The molecule has 13 heavy (non-hydrogen) atoms. The zero-order chi connectivity index (χ0) is 9.78. The molecule has 2 N–H and O–H groups in total. The van der Waals surface area contributed by atoms with Gasteiger partial charge in [-0.25, -0.2) is 0 Å². The Balaban J connectivity index is 2.79.